The predicted molar refractivity (Wildman–Crippen MR) is 109 cm³/mol. The Bertz CT molecular complexity index is 960. The van der Waals surface area contributed by atoms with Crippen molar-refractivity contribution in [1.82, 2.24) is 14.9 Å². The highest BCUT2D eigenvalue weighted by Gasteiger charge is 2.22. The van der Waals surface area contributed by atoms with Crippen LogP contribution < -0.4 is 14.2 Å². The van der Waals surface area contributed by atoms with Gasteiger partial charge in [0.1, 0.15) is 0 Å². The highest BCUT2D eigenvalue weighted by atomic mass is 32.1. The van der Waals surface area contributed by atoms with Gasteiger partial charge in [-0.15, -0.1) is 11.3 Å². The lowest BCUT2D eigenvalue weighted by Crippen LogP contribution is -2.31. The number of hydrogen-bond acceptors (Lipinski definition) is 7. The molecule has 6 nitrogen and oxygen atoms in total. The SMILES string of the molecule is COc1ccc(CN2CCc3nc(-c4cccs4)ncc3C2)c(OC)c1OC. The summed E-state index contributed by atoms with van der Waals surface area (Å²) in [5.41, 5.74) is 3.40. The highest BCUT2D eigenvalue weighted by molar-refractivity contribution is 7.13. The van der Waals surface area contributed by atoms with E-state index < -0.39 is 0 Å². The first-order valence-corrected chi connectivity index (χ1v) is 10.00. The number of hydrogen-bond donors (Lipinski definition) is 0. The Morgan fingerprint density at radius 3 is 2.64 bits per heavy atom. The van der Waals surface area contributed by atoms with Crippen molar-refractivity contribution in [2.75, 3.05) is 27.9 Å². The van der Waals surface area contributed by atoms with Crippen LogP contribution in [-0.4, -0.2) is 42.7 Å². The number of thiophene rings is 1. The Hall–Kier alpha value is -2.64. The number of aromatic nitrogens is 2. The van der Waals surface area contributed by atoms with Gasteiger partial charge in [0.2, 0.25) is 5.75 Å². The molecule has 146 valence electrons. The van der Waals surface area contributed by atoms with Crippen molar-refractivity contribution < 1.29 is 14.2 Å². The summed E-state index contributed by atoms with van der Waals surface area (Å²) in [4.78, 5) is 12.9. The fourth-order valence-corrected chi connectivity index (χ4v) is 4.23. The van der Waals surface area contributed by atoms with Gasteiger partial charge in [0.15, 0.2) is 17.3 Å². The molecule has 7 heteroatoms. The van der Waals surface area contributed by atoms with Crippen LogP contribution in [0.1, 0.15) is 16.8 Å². The molecule has 0 atom stereocenters. The summed E-state index contributed by atoms with van der Waals surface area (Å²) >= 11 is 1.67. The first-order chi connectivity index (χ1) is 13.7. The van der Waals surface area contributed by atoms with E-state index in [2.05, 4.69) is 21.3 Å². The molecule has 0 fully saturated rings. The number of benzene rings is 1. The summed E-state index contributed by atoms with van der Waals surface area (Å²) in [5, 5.41) is 2.05. The minimum absolute atomic E-state index is 0.629. The van der Waals surface area contributed by atoms with Crippen LogP contribution in [0.25, 0.3) is 10.7 Å². The van der Waals surface area contributed by atoms with Crippen LogP contribution >= 0.6 is 11.3 Å². The lowest BCUT2D eigenvalue weighted by Gasteiger charge is -2.29. The van der Waals surface area contributed by atoms with E-state index in [1.807, 2.05) is 24.4 Å². The van der Waals surface area contributed by atoms with Crippen molar-refractivity contribution in [1.29, 1.82) is 0 Å². The van der Waals surface area contributed by atoms with Gasteiger partial charge in [-0.3, -0.25) is 4.90 Å². The lowest BCUT2D eigenvalue weighted by molar-refractivity contribution is 0.237. The molecule has 0 saturated heterocycles. The first kappa shape index (κ1) is 18.7. The molecule has 0 amide bonds. The highest BCUT2D eigenvalue weighted by Crippen LogP contribution is 2.40. The molecule has 28 heavy (non-hydrogen) atoms. The second-order valence-electron chi connectivity index (χ2n) is 6.60. The molecule has 3 heterocycles. The third-order valence-electron chi connectivity index (χ3n) is 4.93. The van der Waals surface area contributed by atoms with Crippen molar-refractivity contribution in [3.05, 3.63) is 52.7 Å². The van der Waals surface area contributed by atoms with Crippen LogP contribution in [0.2, 0.25) is 0 Å². The molecule has 0 radical (unpaired) electrons. The number of nitrogens with zero attached hydrogens (tertiary/aromatic N) is 3. The van der Waals surface area contributed by atoms with Gasteiger partial charge in [0.05, 0.1) is 31.9 Å². The van der Waals surface area contributed by atoms with Crippen LogP contribution in [0.5, 0.6) is 17.2 Å². The number of fused-ring (bicyclic) bond motifs is 1. The average molecular weight is 398 g/mol. The summed E-state index contributed by atoms with van der Waals surface area (Å²) in [5.74, 6) is 2.84. The normalized spacial score (nSPS) is 13.8. The Kier molecular flexibility index (Phi) is 5.45. The molecule has 0 aliphatic carbocycles. The van der Waals surface area contributed by atoms with Gasteiger partial charge < -0.3 is 14.2 Å². The topological polar surface area (TPSA) is 56.7 Å². The molecular weight excluding hydrogens is 374 g/mol. The molecule has 4 rings (SSSR count). The number of rotatable bonds is 6. The monoisotopic (exact) mass is 397 g/mol. The van der Waals surface area contributed by atoms with Gasteiger partial charge in [-0.1, -0.05) is 12.1 Å². The van der Waals surface area contributed by atoms with Gasteiger partial charge in [-0.25, -0.2) is 9.97 Å². The van der Waals surface area contributed by atoms with Crippen molar-refractivity contribution in [2.24, 2.45) is 0 Å². The maximum atomic E-state index is 5.62. The van der Waals surface area contributed by atoms with E-state index in [4.69, 9.17) is 19.2 Å². The molecule has 0 bridgehead atoms. The van der Waals surface area contributed by atoms with E-state index in [-0.39, 0.29) is 0 Å². The Morgan fingerprint density at radius 2 is 1.93 bits per heavy atom. The standard InChI is InChI=1S/C21H23N3O3S/c1-25-17-7-6-14(19(26-2)20(17)27-3)12-24-9-8-16-15(13-24)11-22-21(23-16)18-5-4-10-28-18/h4-7,10-11H,8-9,12-13H2,1-3H3. The molecule has 1 aliphatic heterocycles. The number of ether oxygens (including phenoxy) is 3. The third-order valence-corrected chi connectivity index (χ3v) is 5.80. The van der Waals surface area contributed by atoms with Crippen molar-refractivity contribution in [2.45, 2.75) is 19.5 Å². The summed E-state index contributed by atoms with van der Waals surface area (Å²) in [7, 11) is 4.92. The van der Waals surface area contributed by atoms with Crippen LogP contribution in [0.15, 0.2) is 35.8 Å². The molecule has 0 unspecified atom stereocenters. The molecule has 0 saturated carbocycles. The van der Waals surface area contributed by atoms with Gasteiger partial charge in [-0.05, 0) is 17.5 Å². The molecular formula is C21H23N3O3S. The Morgan fingerprint density at radius 1 is 1.07 bits per heavy atom. The largest absolute Gasteiger partial charge is 0.493 e. The van der Waals surface area contributed by atoms with Crippen LogP contribution in [0.3, 0.4) is 0 Å². The van der Waals surface area contributed by atoms with Gasteiger partial charge in [-0.2, -0.15) is 0 Å². The van der Waals surface area contributed by atoms with Crippen molar-refractivity contribution >= 4 is 11.3 Å². The molecule has 1 aromatic carbocycles. The summed E-state index contributed by atoms with van der Waals surface area (Å²) in [6.45, 7) is 2.51. The van der Waals surface area contributed by atoms with E-state index in [1.54, 1.807) is 32.7 Å². The second-order valence-corrected chi connectivity index (χ2v) is 7.54. The number of methoxy groups -OCH3 is 3. The summed E-state index contributed by atoms with van der Waals surface area (Å²) < 4.78 is 16.5. The minimum atomic E-state index is 0.629. The van der Waals surface area contributed by atoms with Crippen LogP contribution in [0, 0.1) is 0 Å². The first-order valence-electron chi connectivity index (χ1n) is 9.12. The Labute approximate surface area is 168 Å². The quantitative estimate of drug-likeness (QED) is 0.631. The van der Waals surface area contributed by atoms with Crippen LogP contribution in [-0.2, 0) is 19.5 Å². The zero-order valence-corrected chi connectivity index (χ0v) is 17.1. The fraction of sp³-hybridized carbons (Fsp3) is 0.333. The zero-order chi connectivity index (χ0) is 19.5. The second kappa shape index (κ2) is 8.16. The van der Waals surface area contributed by atoms with E-state index in [0.29, 0.717) is 11.5 Å². The maximum absolute atomic E-state index is 5.62. The van der Waals surface area contributed by atoms with Crippen LogP contribution in [0.4, 0.5) is 0 Å². The molecule has 3 aromatic rings. The maximum Gasteiger partial charge on any atom is 0.203 e. The van der Waals surface area contributed by atoms with Gasteiger partial charge >= 0.3 is 0 Å². The van der Waals surface area contributed by atoms with E-state index in [1.165, 1.54) is 5.56 Å². The van der Waals surface area contributed by atoms with E-state index >= 15 is 0 Å². The van der Waals surface area contributed by atoms with Crippen molar-refractivity contribution in [3.8, 4) is 28.0 Å². The molecule has 2 aromatic heterocycles. The summed E-state index contributed by atoms with van der Waals surface area (Å²) in [6.07, 6.45) is 2.88. The molecule has 1 aliphatic rings. The molecule has 0 spiro atoms. The zero-order valence-electron chi connectivity index (χ0n) is 16.3. The van der Waals surface area contributed by atoms with Gasteiger partial charge in [0.25, 0.3) is 0 Å². The van der Waals surface area contributed by atoms with E-state index in [0.717, 1.165) is 53.8 Å². The predicted octanol–water partition coefficient (Wildman–Crippen LogP) is 3.79. The minimum Gasteiger partial charge on any atom is -0.493 e. The lowest BCUT2D eigenvalue weighted by atomic mass is 10.1. The molecule has 0 N–H and O–H groups in total. The smallest absolute Gasteiger partial charge is 0.203 e. The average Bonchev–Trinajstić information content (AvgIpc) is 3.27. The van der Waals surface area contributed by atoms with Gasteiger partial charge in [0, 0.05) is 43.4 Å². The summed E-state index contributed by atoms with van der Waals surface area (Å²) in [6, 6.07) is 8.04. The van der Waals surface area contributed by atoms with Crippen molar-refractivity contribution in [3.63, 3.8) is 0 Å². The Balaban J connectivity index is 1.54. The fourth-order valence-electron chi connectivity index (χ4n) is 3.56. The third kappa shape index (κ3) is 3.55. The van der Waals surface area contributed by atoms with E-state index in [9.17, 15) is 0 Å².